The minimum Gasteiger partial charge on any atom is -0.462 e. The first-order valence-corrected chi connectivity index (χ1v) is 7.56. The van der Waals surface area contributed by atoms with Gasteiger partial charge in [-0.15, -0.1) is 0 Å². The Labute approximate surface area is 116 Å². The highest BCUT2D eigenvalue weighted by Crippen LogP contribution is 2.43. The summed E-state index contributed by atoms with van der Waals surface area (Å²) >= 11 is 0. The van der Waals surface area contributed by atoms with Crippen LogP contribution in [0.15, 0.2) is 0 Å². The van der Waals surface area contributed by atoms with Crippen LogP contribution in [0.2, 0.25) is 0 Å². The summed E-state index contributed by atoms with van der Waals surface area (Å²) in [5.74, 6) is -0.641. The topological polar surface area (TPSA) is 46.5 Å². The highest BCUT2D eigenvalue weighted by atomic mass is 16.5. The van der Waals surface area contributed by atoms with Crippen LogP contribution < -0.4 is 0 Å². The van der Waals surface area contributed by atoms with Crippen LogP contribution in [-0.4, -0.2) is 53.4 Å². The van der Waals surface area contributed by atoms with Crippen LogP contribution in [0.5, 0.6) is 0 Å². The Morgan fingerprint density at radius 3 is 2.21 bits per heavy atom. The van der Waals surface area contributed by atoms with Gasteiger partial charge in [-0.2, -0.15) is 0 Å². The lowest BCUT2D eigenvalue weighted by molar-refractivity contribution is -0.968. The van der Waals surface area contributed by atoms with E-state index in [-0.39, 0.29) is 18.7 Å². The monoisotopic (exact) mass is 270 g/mol. The molecule has 0 aromatic rings. The molecule has 19 heavy (non-hydrogen) atoms. The molecule has 3 unspecified atom stereocenters. The molecule has 2 fully saturated rings. The van der Waals surface area contributed by atoms with Gasteiger partial charge in [0.1, 0.15) is 6.10 Å². The molecule has 2 rings (SSSR count). The summed E-state index contributed by atoms with van der Waals surface area (Å²) in [5.41, 5.74) is 0. The van der Waals surface area contributed by atoms with E-state index in [1.807, 2.05) is 0 Å². The van der Waals surface area contributed by atoms with Crippen molar-refractivity contribution in [1.29, 1.82) is 0 Å². The van der Waals surface area contributed by atoms with Crippen molar-refractivity contribution in [1.82, 2.24) is 0 Å². The van der Waals surface area contributed by atoms with Gasteiger partial charge in [-0.25, -0.2) is 0 Å². The second-order valence-corrected chi connectivity index (χ2v) is 6.81. The van der Waals surface area contributed by atoms with Crippen LogP contribution in [0.25, 0.3) is 0 Å². The molecule has 2 bridgehead atoms. The largest absolute Gasteiger partial charge is 0.462 e. The molecule has 0 spiro atoms. The van der Waals surface area contributed by atoms with Gasteiger partial charge in [0.15, 0.2) is 0 Å². The molecular formula is C15H28NO3+. The number of piperidine rings is 1. The van der Waals surface area contributed by atoms with E-state index in [4.69, 9.17) is 9.84 Å². The van der Waals surface area contributed by atoms with E-state index in [1.165, 1.54) is 12.8 Å². The van der Waals surface area contributed by atoms with Gasteiger partial charge in [0.25, 0.3) is 0 Å². The minimum absolute atomic E-state index is 0.0592. The second kappa shape index (κ2) is 5.41. The van der Waals surface area contributed by atoms with E-state index in [9.17, 15) is 4.79 Å². The van der Waals surface area contributed by atoms with Crippen LogP contribution in [0, 0.1) is 5.92 Å². The number of hydrogen-bond donors (Lipinski definition) is 1. The summed E-state index contributed by atoms with van der Waals surface area (Å²) in [4.78, 5) is 11.8. The van der Waals surface area contributed by atoms with Gasteiger partial charge in [0.2, 0.25) is 0 Å². The van der Waals surface area contributed by atoms with Crippen molar-refractivity contribution >= 4 is 5.97 Å². The highest BCUT2D eigenvalue weighted by Gasteiger charge is 2.53. The number of hydrogen-bond acceptors (Lipinski definition) is 3. The van der Waals surface area contributed by atoms with E-state index < -0.39 is 5.92 Å². The van der Waals surface area contributed by atoms with E-state index in [0.29, 0.717) is 18.1 Å². The van der Waals surface area contributed by atoms with E-state index in [0.717, 1.165) is 17.3 Å². The third-order valence-corrected chi connectivity index (χ3v) is 5.55. The van der Waals surface area contributed by atoms with Crippen molar-refractivity contribution < 1.29 is 19.1 Å². The first-order chi connectivity index (χ1) is 8.89. The van der Waals surface area contributed by atoms with Crippen molar-refractivity contribution in [2.75, 3.05) is 13.7 Å². The first-order valence-electron chi connectivity index (χ1n) is 7.56. The number of quaternary nitrogens is 1. The van der Waals surface area contributed by atoms with Gasteiger partial charge in [-0.1, -0.05) is 0 Å². The molecule has 0 aromatic carbocycles. The average Bonchev–Trinajstić information content (AvgIpc) is 2.57. The van der Waals surface area contributed by atoms with Gasteiger partial charge in [0.05, 0.1) is 37.7 Å². The standard InChI is InChI=1S/C15H28NO3/c1-10(2)16(4)12-5-6-13(16)8-14(7-12)19-15(18)11(3)9-17/h10-14,17H,5-9H2,1-4H3/q+1. The fourth-order valence-corrected chi connectivity index (χ4v) is 3.93. The third kappa shape index (κ3) is 2.52. The molecule has 4 heteroatoms. The fourth-order valence-electron chi connectivity index (χ4n) is 3.93. The zero-order chi connectivity index (χ0) is 14.2. The molecule has 2 aliphatic heterocycles. The molecule has 2 heterocycles. The number of nitrogens with zero attached hydrogens (tertiary/aromatic N) is 1. The smallest absolute Gasteiger partial charge is 0.311 e. The lowest BCUT2D eigenvalue weighted by atomic mass is 9.94. The molecule has 2 saturated heterocycles. The van der Waals surface area contributed by atoms with Crippen LogP contribution >= 0.6 is 0 Å². The van der Waals surface area contributed by atoms with Gasteiger partial charge >= 0.3 is 5.97 Å². The first kappa shape index (κ1) is 14.8. The number of esters is 1. The Balaban J connectivity index is 1.99. The predicted octanol–water partition coefficient (Wildman–Crippen LogP) is 1.71. The summed E-state index contributed by atoms with van der Waals surface area (Å²) in [5, 5.41) is 9.00. The number of carbonyl (C=O) groups excluding carboxylic acids is 1. The SMILES string of the molecule is CC(CO)C(=O)OC1CC2CCC(C1)[N+]2(C)C(C)C. The molecule has 3 atom stereocenters. The number of ether oxygens (including phenoxy) is 1. The summed E-state index contributed by atoms with van der Waals surface area (Å²) in [7, 11) is 2.36. The van der Waals surface area contributed by atoms with Gasteiger partial charge in [0, 0.05) is 25.7 Å². The number of fused-ring (bicyclic) bond motifs is 2. The van der Waals surface area contributed by atoms with Gasteiger partial charge < -0.3 is 14.3 Å². The Hall–Kier alpha value is -0.610. The van der Waals surface area contributed by atoms with Crippen molar-refractivity contribution in [3.05, 3.63) is 0 Å². The molecule has 1 N–H and O–H groups in total. The number of aliphatic hydroxyl groups is 1. The van der Waals surface area contributed by atoms with E-state index in [1.54, 1.807) is 6.92 Å². The summed E-state index contributed by atoms with van der Waals surface area (Å²) in [6, 6.07) is 1.88. The molecule has 0 saturated carbocycles. The highest BCUT2D eigenvalue weighted by molar-refractivity contribution is 5.72. The quantitative estimate of drug-likeness (QED) is 0.625. The maximum Gasteiger partial charge on any atom is 0.311 e. The van der Waals surface area contributed by atoms with E-state index >= 15 is 0 Å². The van der Waals surface area contributed by atoms with Crippen LogP contribution in [0.1, 0.15) is 46.5 Å². The van der Waals surface area contributed by atoms with Crippen molar-refractivity contribution in [2.24, 2.45) is 5.92 Å². The average molecular weight is 270 g/mol. The minimum atomic E-state index is -0.398. The van der Waals surface area contributed by atoms with Crippen molar-refractivity contribution in [2.45, 2.75) is 70.7 Å². The van der Waals surface area contributed by atoms with Gasteiger partial charge in [-0.05, 0) is 20.8 Å². The molecule has 110 valence electrons. The van der Waals surface area contributed by atoms with E-state index in [2.05, 4.69) is 20.9 Å². The van der Waals surface area contributed by atoms with Crippen LogP contribution in [0.3, 0.4) is 0 Å². The Morgan fingerprint density at radius 2 is 1.79 bits per heavy atom. The molecule has 4 nitrogen and oxygen atoms in total. The third-order valence-electron chi connectivity index (χ3n) is 5.55. The summed E-state index contributed by atoms with van der Waals surface area (Å²) < 4.78 is 6.73. The molecule has 0 aliphatic carbocycles. The molecule has 0 aromatic heterocycles. The molecule has 2 aliphatic rings. The summed E-state index contributed by atoms with van der Waals surface area (Å²) in [6.07, 6.45) is 4.53. The lowest BCUT2D eigenvalue weighted by Gasteiger charge is -2.49. The fraction of sp³-hybridized carbons (Fsp3) is 0.933. The zero-order valence-corrected chi connectivity index (χ0v) is 12.6. The van der Waals surface area contributed by atoms with Crippen LogP contribution in [-0.2, 0) is 9.53 Å². The molecule has 0 amide bonds. The Bertz CT molecular complexity index is 328. The Morgan fingerprint density at radius 1 is 1.26 bits per heavy atom. The van der Waals surface area contributed by atoms with Crippen LogP contribution in [0.4, 0.5) is 0 Å². The zero-order valence-electron chi connectivity index (χ0n) is 12.6. The maximum absolute atomic E-state index is 11.8. The lowest BCUT2D eigenvalue weighted by Crippen LogP contribution is -2.62. The normalized spacial score (nSPS) is 39.4. The van der Waals surface area contributed by atoms with Crippen molar-refractivity contribution in [3.63, 3.8) is 0 Å². The van der Waals surface area contributed by atoms with Gasteiger partial charge in [-0.3, -0.25) is 4.79 Å². The molecule has 0 radical (unpaired) electrons. The maximum atomic E-state index is 11.8. The predicted molar refractivity (Wildman–Crippen MR) is 73.5 cm³/mol. The molecular weight excluding hydrogens is 242 g/mol. The number of carbonyl (C=O) groups is 1. The number of aliphatic hydroxyl groups excluding tert-OH is 1. The summed E-state index contributed by atoms with van der Waals surface area (Å²) in [6.45, 7) is 6.18. The Kier molecular flexibility index (Phi) is 4.21. The second-order valence-electron chi connectivity index (χ2n) is 6.81. The number of rotatable bonds is 4. The van der Waals surface area contributed by atoms with Crippen molar-refractivity contribution in [3.8, 4) is 0 Å².